The molecule has 6 nitrogen and oxygen atoms in total. The van der Waals surface area contributed by atoms with E-state index in [1.807, 2.05) is 31.2 Å². The number of benzene rings is 1. The third kappa shape index (κ3) is 4.74. The predicted molar refractivity (Wildman–Crippen MR) is 126 cm³/mol. The van der Waals surface area contributed by atoms with E-state index in [2.05, 4.69) is 21.5 Å². The Hall–Kier alpha value is -3.48. The van der Waals surface area contributed by atoms with Crippen molar-refractivity contribution in [3.05, 3.63) is 77.7 Å². The van der Waals surface area contributed by atoms with Crippen molar-refractivity contribution in [2.45, 2.75) is 44.6 Å². The molecule has 0 radical (unpaired) electrons. The van der Waals surface area contributed by atoms with Gasteiger partial charge in [-0.15, -0.1) is 0 Å². The molecule has 1 aromatic carbocycles. The van der Waals surface area contributed by atoms with Gasteiger partial charge in [-0.2, -0.15) is 0 Å². The molecule has 0 saturated heterocycles. The van der Waals surface area contributed by atoms with Crippen LogP contribution in [0.25, 0.3) is 17.2 Å². The SMILES string of the molecule is CCOC(=O)N[C@@H]1CC[C@@H]2[C@H](Cc3conc3[C@H]2C=Cc2ccc(-c3cccc(F)c3)cn2)C1. The highest BCUT2D eigenvalue weighted by molar-refractivity contribution is 5.67. The maximum Gasteiger partial charge on any atom is 0.407 e. The van der Waals surface area contributed by atoms with Crippen LogP contribution in [0.2, 0.25) is 0 Å². The lowest BCUT2D eigenvalue weighted by Crippen LogP contribution is -2.44. The number of alkyl carbamates (subject to hydrolysis) is 1. The maximum absolute atomic E-state index is 13.5. The highest BCUT2D eigenvalue weighted by Crippen LogP contribution is 2.47. The predicted octanol–water partition coefficient (Wildman–Crippen LogP) is 5.76. The van der Waals surface area contributed by atoms with Gasteiger partial charge in [-0.05, 0) is 74.3 Å². The number of nitrogens with zero attached hydrogens (tertiary/aromatic N) is 2. The Kier molecular flexibility index (Phi) is 6.43. The van der Waals surface area contributed by atoms with E-state index in [0.29, 0.717) is 18.4 Å². The van der Waals surface area contributed by atoms with E-state index < -0.39 is 0 Å². The van der Waals surface area contributed by atoms with E-state index in [1.165, 1.54) is 12.1 Å². The Labute approximate surface area is 198 Å². The van der Waals surface area contributed by atoms with Crippen molar-refractivity contribution in [1.29, 1.82) is 0 Å². The van der Waals surface area contributed by atoms with Gasteiger partial charge in [-0.3, -0.25) is 4.98 Å². The molecule has 2 aliphatic carbocycles. The standard InChI is InChI=1S/C27H28FN3O3/c1-2-33-27(32)30-23-9-10-24-19(14-23)12-20-16-34-31-26(20)25(24)11-8-22-7-6-18(15-29-22)17-4-3-5-21(28)13-17/h3-8,11,13,15-16,19,23-25H,2,9-10,12,14H2,1H3,(H,30,32)/t19-,23-,24-,25+/m1/s1. The van der Waals surface area contributed by atoms with Crippen LogP contribution in [0, 0.1) is 17.7 Å². The van der Waals surface area contributed by atoms with E-state index in [4.69, 9.17) is 9.26 Å². The number of halogens is 1. The number of amides is 1. The molecule has 5 rings (SSSR count). The molecule has 34 heavy (non-hydrogen) atoms. The molecule has 1 amide bonds. The molecule has 0 aliphatic heterocycles. The highest BCUT2D eigenvalue weighted by Gasteiger charge is 2.41. The normalized spacial score (nSPS) is 23.8. The van der Waals surface area contributed by atoms with Crippen LogP contribution >= 0.6 is 0 Å². The Morgan fingerprint density at radius 3 is 2.97 bits per heavy atom. The summed E-state index contributed by atoms with van der Waals surface area (Å²) in [5.74, 6) is 0.746. The van der Waals surface area contributed by atoms with Crippen LogP contribution in [-0.2, 0) is 11.2 Å². The highest BCUT2D eigenvalue weighted by atomic mass is 19.1. The first kappa shape index (κ1) is 22.3. The van der Waals surface area contributed by atoms with Crippen molar-refractivity contribution in [3.63, 3.8) is 0 Å². The summed E-state index contributed by atoms with van der Waals surface area (Å²) in [7, 11) is 0. The molecular formula is C27H28FN3O3. The molecule has 0 spiro atoms. The van der Waals surface area contributed by atoms with Crippen molar-refractivity contribution in [2.24, 2.45) is 11.8 Å². The molecule has 1 N–H and O–H groups in total. The number of carbonyl (C=O) groups excluding carboxylic acids is 1. The third-order valence-corrected chi connectivity index (χ3v) is 6.99. The minimum atomic E-state index is -0.336. The lowest BCUT2D eigenvalue weighted by Gasteiger charge is -2.42. The first-order valence-corrected chi connectivity index (χ1v) is 11.9. The topological polar surface area (TPSA) is 77.2 Å². The monoisotopic (exact) mass is 461 g/mol. The van der Waals surface area contributed by atoms with Crippen molar-refractivity contribution >= 4 is 12.2 Å². The van der Waals surface area contributed by atoms with Crippen molar-refractivity contribution < 1.29 is 18.4 Å². The Morgan fingerprint density at radius 2 is 2.18 bits per heavy atom. The fraction of sp³-hybridized carbons (Fsp3) is 0.370. The second-order valence-corrected chi connectivity index (χ2v) is 9.09. The molecule has 2 aliphatic rings. The van der Waals surface area contributed by atoms with Gasteiger partial charge in [-0.25, -0.2) is 9.18 Å². The molecule has 0 unspecified atom stereocenters. The number of hydrogen-bond acceptors (Lipinski definition) is 5. The second kappa shape index (κ2) is 9.79. The number of rotatable bonds is 5. The number of allylic oxidation sites excluding steroid dienone is 1. The minimum absolute atomic E-state index is 0.128. The molecule has 0 bridgehead atoms. The second-order valence-electron chi connectivity index (χ2n) is 9.09. The molecule has 1 saturated carbocycles. The van der Waals surface area contributed by atoms with Gasteiger partial charge in [0.25, 0.3) is 0 Å². The van der Waals surface area contributed by atoms with E-state index >= 15 is 0 Å². The average molecular weight is 462 g/mol. The third-order valence-electron chi connectivity index (χ3n) is 6.99. The van der Waals surface area contributed by atoms with Gasteiger partial charge in [0.2, 0.25) is 0 Å². The van der Waals surface area contributed by atoms with E-state index in [1.54, 1.807) is 18.5 Å². The molecule has 7 heteroatoms. The molecule has 3 aromatic rings. The zero-order valence-electron chi connectivity index (χ0n) is 19.1. The molecule has 1 fully saturated rings. The van der Waals surface area contributed by atoms with Gasteiger partial charge in [0.15, 0.2) is 0 Å². The summed E-state index contributed by atoms with van der Waals surface area (Å²) in [6.07, 6.45) is 11.1. The lowest BCUT2D eigenvalue weighted by molar-refractivity contribution is 0.128. The van der Waals surface area contributed by atoms with Gasteiger partial charge >= 0.3 is 6.09 Å². The Morgan fingerprint density at radius 1 is 1.26 bits per heavy atom. The van der Waals surface area contributed by atoms with Crippen LogP contribution in [0.4, 0.5) is 9.18 Å². The molecule has 4 atom stereocenters. The Bertz CT molecular complexity index is 1170. The van der Waals surface area contributed by atoms with Crippen molar-refractivity contribution in [3.8, 4) is 11.1 Å². The quantitative estimate of drug-likeness (QED) is 0.523. The van der Waals surface area contributed by atoms with E-state index in [0.717, 1.165) is 53.8 Å². The zero-order valence-corrected chi connectivity index (χ0v) is 19.1. The maximum atomic E-state index is 13.5. The number of pyridine rings is 1. The van der Waals surface area contributed by atoms with Gasteiger partial charge in [0, 0.05) is 29.3 Å². The van der Waals surface area contributed by atoms with Crippen LogP contribution in [0.3, 0.4) is 0 Å². The summed E-state index contributed by atoms with van der Waals surface area (Å²) >= 11 is 0. The fourth-order valence-corrected chi connectivity index (χ4v) is 5.42. The smallest absolute Gasteiger partial charge is 0.407 e. The largest absolute Gasteiger partial charge is 0.450 e. The van der Waals surface area contributed by atoms with Gasteiger partial charge in [0.05, 0.1) is 18.0 Å². The molecule has 2 heterocycles. The summed E-state index contributed by atoms with van der Waals surface area (Å²) in [6.45, 7) is 2.19. The summed E-state index contributed by atoms with van der Waals surface area (Å²) in [5, 5.41) is 7.34. The first-order chi connectivity index (χ1) is 16.6. The number of nitrogens with one attached hydrogen (secondary N) is 1. The van der Waals surface area contributed by atoms with Crippen molar-refractivity contribution in [1.82, 2.24) is 15.5 Å². The average Bonchev–Trinajstić information content (AvgIpc) is 3.30. The first-order valence-electron chi connectivity index (χ1n) is 11.9. The number of aromatic nitrogens is 2. The number of carbonyl (C=O) groups is 1. The van der Waals surface area contributed by atoms with Crippen LogP contribution < -0.4 is 5.32 Å². The van der Waals surface area contributed by atoms with Gasteiger partial charge in [0.1, 0.15) is 12.1 Å². The summed E-state index contributed by atoms with van der Waals surface area (Å²) in [4.78, 5) is 16.5. The van der Waals surface area contributed by atoms with Crippen LogP contribution in [0.5, 0.6) is 0 Å². The van der Waals surface area contributed by atoms with Gasteiger partial charge < -0.3 is 14.6 Å². The van der Waals surface area contributed by atoms with Crippen LogP contribution in [-0.4, -0.2) is 28.9 Å². The summed E-state index contributed by atoms with van der Waals surface area (Å²) in [6, 6.07) is 10.5. The summed E-state index contributed by atoms with van der Waals surface area (Å²) < 4.78 is 23.9. The minimum Gasteiger partial charge on any atom is -0.450 e. The lowest BCUT2D eigenvalue weighted by atomic mass is 9.64. The van der Waals surface area contributed by atoms with Crippen LogP contribution in [0.1, 0.15) is 49.1 Å². The molecule has 176 valence electrons. The zero-order chi connectivity index (χ0) is 23.5. The number of hydrogen-bond donors (Lipinski definition) is 1. The Balaban J connectivity index is 1.32. The van der Waals surface area contributed by atoms with Crippen molar-refractivity contribution in [2.75, 3.05) is 6.61 Å². The van der Waals surface area contributed by atoms with E-state index in [-0.39, 0.29) is 23.9 Å². The fourth-order valence-electron chi connectivity index (χ4n) is 5.42. The molecule has 2 aromatic heterocycles. The summed E-state index contributed by atoms with van der Waals surface area (Å²) in [5.41, 5.74) is 4.66. The van der Waals surface area contributed by atoms with E-state index in [9.17, 15) is 9.18 Å². The number of ether oxygens (including phenoxy) is 1. The molecular weight excluding hydrogens is 433 g/mol. The van der Waals surface area contributed by atoms with Crippen LogP contribution in [0.15, 0.2) is 59.5 Å². The number of fused-ring (bicyclic) bond motifs is 2. The van der Waals surface area contributed by atoms with Gasteiger partial charge in [-0.1, -0.05) is 29.4 Å².